The second kappa shape index (κ2) is 10.4. The van der Waals surface area contributed by atoms with Crippen LogP contribution < -0.4 is 0 Å². The van der Waals surface area contributed by atoms with Crippen molar-refractivity contribution in [2.24, 2.45) is 0 Å². The van der Waals surface area contributed by atoms with E-state index in [0.29, 0.717) is 0 Å². The van der Waals surface area contributed by atoms with E-state index in [1.165, 1.54) is 0 Å². The summed E-state index contributed by atoms with van der Waals surface area (Å²) in [6, 6.07) is 12.0. The molecule has 0 spiro atoms. The first-order chi connectivity index (χ1) is 4.00. The van der Waals surface area contributed by atoms with Crippen molar-refractivity contribution in [2.75, 3.05) is 0 Å². The fourth-order valence-electron chi connectivity index (χ4n) is 0.385. The fraction of sp³-hybridized carbons (Fsp3) is 0. The molecule has 0 aliphatic heterocycles. The normalized spacial score (nSPS) is 5.78. The van der Waals surface area contributed by atoms with Gasteiger partial charge in [0.2, 0.25) is 0 Å². The third-order valence-electron chi connectivity index (χ3n) is 0.667. The number of hydrogen-bond donors (Lipinski definition) is 0. The summed E-state index contributed by atoms with van der Waals surface area (Å²) in [6.07, 6.45) is 0. The summed E-state index contributed by atoms with van der Waals surface area (Å²) in [4.78, 5) is 7.50. The molecule has 1 aromatic rings. The van der Waals surface area contributed by atoms with E-state index in [0.717, 1.165) is 0 Å². The average molecular weight is 158 g/mol. The Morgan fingerprint density at radius 1 is 0.667 bits per heavy atom. The van der Waals surface area contributed by atoms with E-state index in [-0.39, 0.29) is 17.4 Å². The summed E-state index contributed by atoms with van der Waals surface area (Å²) in [5.41, 5.74) is 0. The molecule has 0 aliphatic rings. The molecule has 2 radical (unpaired) electrons. The van der Waals surface area contributed by atoms with Crippen LogP contribution in [0.3, 0.4) is 0 Å². The topological polar surface area (TPSA) is 17.1 Å². The van der Waals surface area contributed by atoms with Gasteiger partial charge in [-0.05, 0) is 0 Å². The van der Waals surface area contributed by atoms with E-state index in [1.807, 2.05) is 36.4 Å². The van der Waals surface area contributed by atoms with Crippen molar-refractivity contribution < 1.29 is 22.2 Å². The van der Waals surface area contributed by atoms with E-state index in [9.17, 15) is 0 Å². The number of rotatable bonds is 0. The van der Waals surface area contributed by atoms with Crippen molar-refractivity contribution in [1.29, 1.82) is 0 Å². The summed E-state index contributed by atoms with van der Waals surface area (Å²) in [7, 11) is 0. The van der Waals surface area contributed by atoms with Gasteiger partial charge in [-0.2, -0.15) is 0 Å². The first kappa shape index (κ1) is 11.2. The molecule has 46 valence electrons. The van der Waals surface area contributed by atoms with Gasteiger partial charge >= 0.3 is 0 Å². The van der Waals surface area contributed by atoms with Crippen LogP contribution >= 0.6 is 0 Å². The van der Waals surface area contributed by atoms with Crippen LogP contribution in [-0.4, -0.2) is 6.79 Å². The standard InChI is InChI=1S/C6H6.CO.Cr/c1-2-4-6-5-3-1;1-2;/h1-6H;;. The molecule has 0 aliphatic carbocycles. The molecule has 0 bridgehead atoms. The summed E-state index contributed by atoms with van der Waals surface area (Å²) in [5.74, 6) is 0. The number of benzene rings is 1. The average Bonchev–Trinajstić information content (AvgIpc) is 1.96. The molecule has 0 aromatic heterocycles. The van der Waals surface area contributed by atoms with Gasteiger partial charge in [-0.15, -0.1) is 0 Å². The minimum Gasteiger partial charge on any atom is -0.281 e. The number of carbonyl (C=O) groups excluding carboxylic acids is 1. The van der Waals surface area contributed by atoms with E-state index in [4.69, 9.17) is 4.79 Å². The molecular weight excluding hydrogens is 152 g/mol. The molecule has 0 fully saturated rings. The van der Waals surface area contributed by atoms with Gasteiger partial charge in [0.15, 0.2) is 0 Å². The maximum Gasteiger partial charge on any atom is 0.281 e. The minimum absolute atomic E-state index is 0. The van der Waals surface area contributed by atoms with Crippen molar-refractivity contribution in [3.63, 3.8) is 0 Å². The third kappa shape index (κ3) is 7.42. The van der Waals surface area contributed by atoms with Crippen molar-refractivity contribution in [1.82, 2.24) is 0 Å². The summed E-state index contributed by atoms with van der Waals surface area (Å²) < 4.78 is 0. The van der Waals surface area contributed by atoms with Crippen LogP contribution in [0.15, 0.2) is 36.4 Å². The Hall–Kier alpha value is -0.578. The maximum atomic E-state index is 7.50. The molecule has 1 rings (SSSR count). The Labute approximate surface area is 65.8 Å². The quantitative estimate of drug-likeness (QED) is 0.556. The molecule has 0 atom stereocenters. The predicted molar refractivity (Wildman–Crippen MR) is 32.1 cm³/mol. The molecule has 1 aromatic carbocycles. The predicted octanol–water partition coefficient (Wildman–Crippen LogP) is 1.29. The van der Waals surface area contributed by atoms with Gasteiger partial charge in [-0.3, -0.25) is 4.79 Å². The Balaban J connectivity index is 0. The third-order valence-corrected chi connectivity index (χ3v) is 0.667. The molecule has 0 N–H and O–H groups in total. The zero-order valence-electron chi connectivity index (χ0n) is 4.78. The Morgan fingerprint density at radius 2 is 0.778 bits per heavy atom. The molecule has 0 amide bonds. The zero-order valence-corrected chi connectivity index (χ0v) is 6.06. The Bertz CT molecular complexity index is 91.8. The SMILES string of the molecule is [C]=O.[Cr].c1ccccc1. The van der Waals surface area contributed by atoms with E-state index >= 15 is 0 Å². The molecule has 0 unspecified atom stereocenters. The zero-order chi connectivity index (χ0) is 6.24. The van der Waals surface area contributed by atoms with Gasteiger partial charge in [0.05, 0.1) is 0 Å². The largest absolute Gasteiger partial charge is 0.281 e. The van der Waals surface area contributed by atoms with Crippen LogP contribution in [0.5, 0.6) is 0 Å². The van der Waals surface area contributed by atoms with Gasteiger partial charge < -0.3 is 0 Å². The monoisotopic (exact) mass is 158 g/mol. The second-order valence-electron chi connectivity index (χ2n) is 1.15. The van der Waals surface area contributed by atoms with Crippen molar-refractivity contribution in [2.45, 2.75) is 0 Å². The van der Waals surface area contributed by atoms with Gasteiger partial charge in [0.25, 0.3) is 6.79 Å². The first-order valence-corrected chi connectivity index (χ1v) is 2.20. The molecule has 1 nitrogen and oxygen atoms in total. The van der Waals surface area contributed by atoms with Gasteiger partial charge in [0, 0.05) is 17.4 Å². The van der Waals surface area contributed by atoms with Crippen molar-refractivity contribution in [3.05, 3.63) is 36.4 Å². The maximum absolute atomic E-state index is 7.50. The number of hydrogen-bond acceptors (Lipinski definition) is 1. The fourth-order valence-corrected chi connectivity index (χ4v) is 0.385. The van der Waals surface area contributed by atoms with Gasteiger partial charge in [-0.25, -0.2) is 0 Å². The first-order valence-electron chi connectivity index (χ1n) is 2.20. The summed E-state index contributed by atoms with van der Waals surface area (Å²) >= 11 is 0. The molecule has 9 heavy (non-hydrogen) atoms. The van der Waals surface area contributed by atoms with Crippen LogP contribution in [-0.2, 0) is 22.2 Å². The van der Waals surface area contributed by atoms with E-state index < -0.39 is 0 Å². The van der Waals surface area contributed by atoms with Gasteiger partial charge in [0.1, 0.15) is 0 Å². The van der Waals surface area contributed by atoms with Crippen molar-refractivity contribution in [3.8, 4) is 0 Å². The van der Waals surface area contributed by atoms with Crippen LogP contribution in [0.4, 0.5) is 0 Å². The second-order valence-corrected chi connectivity index (χ2v) is 1.15. The summed E-state index contributed by atoms with van der Waals surface area (Å²) in [6.45, 7) is 4.50. The van der Waals surface area contributed by atoms with Crippen LogP contribution in [0.1, 0.15) is 0 Å². The van der Waals surface area contributed by atoms with Gasteiger partial charge in [-0.1, -0.05) is 36.4 Å². The molecule has 0 saturated heterocycles. The molecular formula is C7H6CrO. The Kier molecular flexibility index (Phi) is 13.0. The van der Waals surface area contributed by atoms with Crippen LogP contribution in [0, 0.1) is 0 Å². The van der Waals surface area contributed by atoms with E-state index in [2.05, 4.69) is 6.79 Å². The van der Waals surface area contributed by atoms with E-state index in [1.54, 1.807) is 0 Å². The molecule has 0 heterocycles. The molecule has 2 heteroatoms. The molecule has 0 saturated carbocycles. The summed E-state index contributed by atoms with van der Waals surface area (Å²) in [5, 5.41) is 0. The smallest absolute Gasteiger partial charge is 0.281 e. The minimum atomic E-state index is 0. The van der Waals surface area contributed by atoms with Crippen molar-refractivity contribution >= 4 is 6.79 Å². The Morgan fingerprint density at radius 3 is 0.889 bits per heavy atom. The van der Waals surface area contributed by atoms with Crippen LogP contribution in [0.25, 0.3) is 0 Å². The van der Waals surface area contributed by atoms with Crippen LogP contribution in [0.2, 0.25) is 0 Å².